The number of hydrogen-bond donors (Lipinski definition) is 1. The van der Waals surface area contributed by atoms with E-state index in [1.807, 2.05) is 18.2 Å². The van der Waals surface area contributed by atoms with E-state index in [-0.39, 0.29) is 5.41 Å². The third-order valence-electron chi connectivity index (χ3n) is 3.91. The predicted octanol–water partition coefficient (Wildman–Crippen LogP) is 4.93. The molecule has 0 spiro atoms. The fourth-order valence-corrected chi connectivity index (χ4v) is 3.19. The second-order valence-corrected chi connectivity index (χ2v) is 7.84. The van der Waals surface area contributed by atoms with Crippen LogP contribution in [0, 0.1) is 11.3 Å². The van der Waals surface area contributed by atoms with Crippen molar-refractivity contribution in [2.75, 3.05) is 0 Å². The van der Waals surface area contributed by atoms with Gasteiger partial charge < -0.3 is 0 Å². The Morgan fingerprint density at radius 3 is 2.56 bits per heavy atom. The normalized spacial score (nSPS) is 11.3. The molecule has 5 heteroatoms. The average molecular weight is 348 g/mol. The van der Waals surface area contributed by atoms with Gasteiger partial charge in [-0.2, -0.15) is 5.26 Å². The van der Waals surface area contributed by atoms with Gasteiger partial charge in [0.2, 0.25) is 5.16 Å². The monoisotopic (exact) mass is 348 g/mol. The van der Waals surface area contributed by atoms with Crippen molar-refractivity contribution >= 4 is 11.8 Å². The van der Waals surface area contributed by atoms with Gasteiger partial charge in [-0.25, -0.2) is 4.98 Å². The summed E-state index contributed by atoms with van der Waals surface area (Å²) in [7, 11) is 0. The van der Waals surface area contributed by atoms with E-state index >= 15 is 0 Å². The van der Waals surface area contributed by atoms with Crippen LogP contribution < -0.4 is 0 Å². The first kappa shape index (κ1) is 17.2. The lowest BCUT2D eigenvalue weighted by atomic mass is 9.87. The topological polar surface area (TPSA) is 65.4 Å². The van der Waals surface area contributed by atoms with Crippen LogP contribution >= 0.6 is 11.8 Å². The molecule has 0 saturated carbocycles. The first-order valence-corrected chi connectivity index (χ1v) is 9.09. The number of nitrogens with zero attached hydrogens (tertiary/aromatic N) is 3. The summed E-state index contributed by atoms with van der Waals surface area (Å²) in [5.74, 6) is 1.50. The largest absolute Gasteiger partial charge is 0.258 e. The first-order valence-electron chi connectivity index (χ1n) is 8.11. The number of H-pyrrole nitrogens is 1. The number of hydrogen-bond acceptors (Lipinski definition) is 4. The van der Waals surface area contributed by atoms with Crippen LogP contribution in [-0.2, 0) is 11.2 Å². The molecule has 25 heavy (non-hydrogen) atoms. The van der Waals surface area contributed by atoms with Crippen LogP contribution in [-0.4, -0.2) is 15.2 Å². The van der Waals surface area contributed by atoms with Gasteiger partial charge in [0.1, 0.15) is 0 Å². The third kappa shape index (κ3) is 4.28. The zero-order valence-corrected chi connectivity index (χ0v) is 15.4. The Morgan fingerprint density at radius 1 is 1.12 bits per heavy atom. The second kappa shape index (κ2) is 7.12. The van der Waals surface area contributed by atoms with E-state index in [1.165, 1.54) is 5.56 Å². The minimum Gasteiger partial charge on any atom is -0.258 e. The molecule has 1 heterocycles. The van der Waals surface area contributed by atoms with Crippen LogP contribution in [0.4, 0.5) is 0 Å². The summed E-state index contributed by atoms with van der Waals surface area (Å²) in [5, 5.41) is 17.0. The number of nitrogens with one attached hydrogen (secondary N) is 1. The van der Waals surface area contributed by atoms with Crippen LogP contribution in [0.25, 0.3) is 11.4 Å². The Hall–Kier alpha value is -2.58. The van der Waals surface area contributed by atoms with E-state index < -0.39 is 0 Å². The number of thioether (sulfide) groups is 1. The van der Waals surface area contributed by atoms with E-state index in [0.29, 0.717) is 10.7 Å². The Labute approximate surface area is 152 Å². The molecule has 0 bridgehead atoms. The molecule has 3 aromatic rings. The second-order valence-electron chi connectivity index (χ2n) is 6.89. The van der Waals surface area contributed by atoms with Crippen molar-refractivity contribution in [1.82, 2.24) is 15.2 Å². The molecule has 3 rings (SSSR count). The summed E-state index contributed by atoms with van der Waals surface area (Å²) in [6, 6.07) is 18.2. The van der Waals surface area contributed by atoms with Crippen LogP contribution in [0.15, 0.2) is 53.7 Å². The molecule has 1 N–H and O–H groups in total. The molecule has 0 amide bonds. The van der Waals surface area contributed by atoms with E-state index in [1.54, 1.807) is 17.8 Å². The Balaban J connectivity index is 1.69. The minimum absolute atomic E-state index is 0.138. The molecule has 126 valence electrons. The molecule has 4 nitrogen and oxygen atoms in total. The highest BCUT2D eigenvalue weighted by atomic mass is 32.2. The van der Waals surface area contributed by atoms with Gasteiger partial charge in [0.05, 0.1) is 11.6 Å². The van der Waals surface area contributed by atoms with Crippen molar-refractivity contribution in [3.8, 4) is 17.5 Å². The highest BCUT2D eigenvalue weighted by Gasteiger charge is 2.14. The maximum Gasteiger partial charge on any atom is 0.209 e. The SMILES string of the molecule is CC(C)(C)c1ccc(-c2nc(SCc3cccc(C#N)c3)n[nH]2)cc1. The number of benzene rings is 2. The van der Waals surface area contributed by atoms with Crippen molar-refractivity contribution in [2.24, 2.45) is 0 Å². The molecular weight excluding hydrogens is 328 g/mol. The summed E-state index contributed by atoms with van der Waals surface area (Å²) in [4.78, 5) is 4.56. The number of aromatic amines is 1. The highest BCUT2D eigenvalue weighted by Crippen LogP contribution is 2.26. The Morgan fingerprint density at radius 2 is 1.88 bits per heavy atom. The third-order valence-corrected chi connectivity index (χ3v) is 4.83. The molecule has 0 atom stereocenters. The molecule has 0 radical (unpaired) electrons. The van der Waals surface area contributed by atoms with Crippen LogP contribution in [0.3, 0.4) is 0 Å². The molecular formula is C20H20N4S. The van der Waals surface area contributed by atoms with Gasteiger partial charge in [-0.05, 0) is 28.7 Å². The van der Waals surface area contributed by atoms with Gasteiger partial charge in [-0.3, -0.25) is 5.10 Å². The first-order chi connectivity index (χ1) is 12.0. The van der Waals surface area contributed by atoms with E-state index in [0.717, 1.165) is 22.7 Å². The summed E-state index contributed by atoms with van der Waals surface area (Å²) < 4.78 is 0. The van der Waals surface area contributed by atoms with E-state index in [9.17, 15) is 0 Å². The molecule has 0 aliphatic heterocycles. The van der Waals surface area contributed by atoms with Crippen molar-refractivity contribution in [1.29, 1.82) is 5.26 Å². The lowest BCUT2D eigenvalue weighted by molar-refractivity contribution is 0.590. The fraction of sp³-hybridized carbons (Fsp3) is 0.250. The van der Waals surface area contributed by atoms with Crippen molar-refractivity contribution in [3.63, 3.8) is 0 Å². The van der Waals surface area contributed by atoms with Crippen molar-refractivity contribution in [2.45, 2.75) is 37.1 Å². The van der Waals surface area contributed by atoms with Gasteiger partial charge in [0, 0.05) is 11.3 Å². The maximum atomic E-state index is 8.96. The summed E-state index contributed by atoms with van der Waals surface area (Å²) in [5.41, 5.74) is 4.22. The standard InChI is InChI=1S/C20H20N4S/c1-20(2,3)17-9-7-16(8-10-17)18-22-19(24-23-18)25-13-15-6-4-5-14(11-15)12-21/h4-11H,13H2,1-3H3,(H,22,23,24). The molecule has 2 aromatic carbocycles. The van der Waals surface area contributed by atoms with Gasteiger partial charge >= 0.3 is 0 Å². The highest BCUT2D eigenvalue weighted by molar-refractivity contribution is 7.98. The number of aromatic nitrogens is 3. The molecule has 0 unspecified atom stereocenters. The van der Waals surface area contributed by atoms with Crippen LogP contribution in [0.5, 0.6) is 0 Å². The van der Waals surface area contributed by atoms with E-state index in [4.69, 9.17) is 5.26 Å². The van der Waals surface area contributed by atoms with Crippen LogP contribution in [0.1, 0.15) is 37.5 Å². The van der Waals surface area contributed by atoms with Crippen molar-refractivity contribution in [3.05, 3.63) is 65.2 Å². The zero-order valence-electron chi connectivity index (χ0n) is 14.6. The average Bonchev–Trinajstić information content (AvgIpc) is 3.08. The van der Waals surface area contributed by atoms with Crippen LogP contribution in [0.2, 0.25) is 0 Å². The fourth-order valence-electron chi connectivity index (χ4n) is 2.45. The predicted molar refractivity (Wildman–Crippen MR) is 101 cm³/mol. The van der Waals surface area contributed by atoms with Gasteiger partial charge in [-0.15, -0.1) is 5.10 Å². The summed E-state index contributed by atoms with van der Waals surface area (Å²) in [6.07, 6.45) is 0. The lowest BCUT2D eigenvalue weighted by Crippen LogP contribution is -2.10. The number of nitriles is 1. The maximum absolute atomic E-state index is 8.96. The summed E-state index contributed by atoms with van der Waals surface area (Å²) in [6.45, 7) is 6.60. The lowest BCUT2D eigenvalue weighted by Gasteiger charge is -2.18. The quantitative estimate of drug-likeness (QED) is 0.679. The molecule has 0 aliphatic carbocycles. The molecule has 0 aliphatic rings. The zero-order chi connectivity index (χ0) is 17.9. The molecule has 0 saturated heterocycles. The smallest absolute Gasteiger partial charge is 0.209 e. The van der Waals surface area contributed by atoms with Gasteiger partial charge in [-0.1, -0.05) is 68.9 Å². The van der Waals surface area contributed by atoms with E-state index in [2.05, 4.69) is 66.3 Å². The van der Waals surface area contributed by atoms with Gasteiger partial charge in [0.15, 0.2) is 5.82 Å². The Bertz CT molecular complexity index is 898. The number of rotatable bonds is 4. The minimum atomic E-state index is 0.138. The molecule has 1 aromatic heterocycles. The Kier molecular flexibility index (Phi) is 4.91. The van der Waals surface area contributed by atoms with Crippen molar-refractivity contribution < 1.29 is 0 Å². The summed E-state index contributed by atoms with van der Waals surface area (Å²) >= 11 is 1.55. The molecule has 0 fully saturated rings. The van der Waals surface area contributed by atoms with Gasteiger partial charge in [0.25, 0.3) is 0 Å².